The molecule has 0 heterocycles. The maximum absolute atomic E-state index is 12.1. The maximum atomic E-state index is 12.1. The summed E-state index contributed by atoms with van der Waals surface area (Å²) in [7, 11) is -0.600. The molecule has 106 valence electrons. The van der Waals surface area contributed by atoms with Crippen molar-refractivity contribution in [2.24, 2.45) is 0 Å². The van der Waals surface area contributed by atoms with Crippen molar-refractivity contribution >= 4 is 37.5 Å². The van der Waals surface area contributed by atoms with E-state index in [9.17, 15) is 4.79 Å². The predicted octanol–water partition coefficient (Wildman–Crippen LogP) is 4.67. The van der Waals surface area contributed by atoms with E-state index in [4.69, 9.17) is 0 Å². The van der Waals surface area contributed by atoms with E-state index in [1.807, 2.05) is 12.1 Å². The van der Waals surface area contributed by atoms with E-state index < -0.39 is 15.5 Å². The predicted molar refractivity (Wildman–Crippen MR) is 93.5 cm³/mol. The molecule has 0 saturated carbocycles. The lowest BCUT2D eigenvalue weighted by Gasteiger charge is -2.32. The van der Waals surface area contributed by atoms with Gasteiger partial charge in [-0.25, -0.2) is 0 Å². The van der Waals surface area contributed by atoms with Crippen LogP contribution in [0.4, 0.5) is 5.69 Å². The summed E-state index contributed by atoms with van der Waals surface area (Å²) < 4.78 is 2.35. The summed E-state index contributed by atoms with van der Waals surface area (Å²) in [5.74, 6) is 0. The smallest absolute Gasteiger partial charge is 0.213 e. The molecule has 0 saturated heterocycles. The van der Waals surface area contributed by atoms with Crippen LogP contribution in [0.2, 0.25) is 39.3 Å². The number of rotatable bonds is 4. The second-order valence-corrected chi connectivity index (χ2v) is 20.9. The largest absolute Gasteiger partial charge is 0.401 e. The van der Waals surface area contributed by atoms with Crippen molar-refractivity contribution in [2.45, 2.75) is 39.3 Å². The van der Waals surface area contributed by atoms with Crippen LogP contribution in [0.3, 0.4) is 0 Å². The fourth-order valence-electron chi connectivity index (χ4n) is 1.55. The molecule has 0 atom stereocenters. The van der Waals surface area contributed by atoms with E-state index in [1.165, 1.54) is 16.9 Å². The summed E-state index contributed by atoms with van der Waals surface area (Å²) in [6, 6.07) is 8.05. The minimum atomic E-state index is -1.40. The fraction of sp³-hybridized carbons (Fsp3) is 0.500. The van der Waals surface area contributed by atoms with Gasteiger partial charge < -0.3 is 4.57 Å². The molecule has 5 heteroatoms. The number of hydrogen-bond donors (Lipinski definition) is 0. The van der Waals surface area contributed by atoms with Crippen molar-refractivity contribution in [1.29, 1.82) is 0 Å². The molecule has 0 aromatic heterocycles. The van der Waals surface area contributed by atoms with Crippen LogP contribution in [0.1, 0.15) is 10.4 Å². The van der Waals surface area contributed by atoms with Gasteiger partial charge in [-0.3, -0.25) is 4.79 Å². The third-order valence-corrected chi connectivity index (χ3v) is 8.59. The first-order valence-corrected chi connectivity index (χ1v) is 15.1. The molecule has 0 radical (unpaired) electrons. The molecular weight excluding hydrogens is 286 g/mol. The first-order valence-electron chi connectivity index (χ1n) is 6.58. The number of anilines is 1. The molecule has 19 heavy (non-hydrogen) atoms. The van der Waals surface area contributed by atoms with Gasteiger partial charge in [-0.2, -0.15) is 0 Å². The molecule has 2 nitrogen and oxygen atoms in total. The van der Waals surface area contributed by atoms with E-state index in [1.54, 1.807) is 0 Å². The summed E-state index contributed by atoms with van der Waals surface area (Å²) in [5, 5.41) is 0.210. The molecule has 0 fully saturated rings. The molecular formula is C14H25NOSSi2. The Labute approximate surface area is 123 Å². The van der Waals surface area contributed by atoms with Crippen LogP contribution < -0.4 is 4.57 Å². The van der Waals surface area contributed by atoms with E-state index in [-0.39, 0.29) is 5.12 Å². The van der Waals surface area contributed by atoms with Crippen LogP contribution in [-0.2, 0) is 0 Å². The SMILES string of the molecule is CN(c1ccc(C(=O)S[Si](C)(C)C)cc1)[Si](C)(C)C. The van der Waals surface area contributed by atoms with Gasteiger partial charge in [0.15, 0.2) is 0 Å². The highest BCUT2D eigenvalue weighted by atomic mass is 32.4. The van der Waals surface area contributed by atoms with Gasteiger partial charge >= 0.3 is 0 Å². The average molecular weight is 312 g/mol. The quantitative estimate of drug-likeness (QED) is 0.754. The first-order chi connectivity index (χ1) is 8.50. The zero-order valence-corrected chi connectivity index (χ0v) is 15.9. The molecule has 1 rings (SSSR count). The molecule has 0 spiro atoms. The molecule has 0 amide bonds. The Morgan fingerprint density at radius 3 is 1.84 bits per heavy atom. The summed E-state index contributed by atoms with van der Waals surface area (Å²) in [6.45, 7) is 13.5. The normalized spacial score (nSPS) is 12.4. The van der Waals surface area contributed by atoms with Crippen LogP contribution in [0.5, 0.6) is 0 Å². The molecule has 1 aromatic rings. The highest BCUT2D eigenvalue weighted by Crippen LogP contribution is 2.26. The Morgan fingerprint density at radius 2 is 1.47 bits per heavy atom. The summed E-state index contributed by atoms with van der Waals surface area (Å²) >= 11 is 1.52. The highest BCUT2D eigenvalue weighted by molar-refractivity contribution is 8.39. The first kappa shape index (κ1) is 16.5. The van der Waals surface area contributed by atoms with Crippen LogP contribution >= 0.6 is 11.2 Å². The lowest BCUT2D eigenvalue weighted by atomic mass is 10.2. The maximum Gasteiger partial charge on any atom is 0.213 e. The Kier molecular flexibility index (Phi) is 5.09. The van der Waals surface area contributed by atoms with Crippen molar-refractivity contribution in [3.63, 3.8) is 0 Å². The minimum Gasteiger partial charge on any atom is -0.401 e. The van der Waals surface area contributed by atoms with Crippen molar-refractivity contribution < 1.29 is 4.79 Å². The van der Waals surface area contributed by atoms with Crippen molar-refractivity contribution in [3.05, 3.63) is 29.8 Å². The number of carbonyl (C=O) groups excluding carboxylic acids is 1. The standard InChI is InChI=1S/C14H25NOSSi2/c1-15(18(2,3)4)13-10-8-12(9-11-13)14(16)17-19(5,6)7/h8-11H,1-7H3. The molecule has 1 aromatic carbocycles. The van der Waals surface area contributed by atoms with E-state index in [2.05, 4.69) is 63.0 Å². The van der Waals surface area contributed by atoms with Gasteiger partial charge in [0.25, 0.3) is 0 Å². The number of carbonyl (C=O) groups is 1. The number of benzene rings is 1. The van der Waals surface area contributed by atoms with Crippen molar-refractivity contribution in [2.75, 3.05) is 11.6 Å². The lowest BCUT2D eigenvalue weighted by Crippen LogP contribution is -2.43. The molecule has 0 aliphatic heterocycles. The van der Waals surface area contributed by atoms with Crippen LogP contribution in [-0.4, -0.2) is 27.6 Å². The van der Waals surface area contributed by atoms with Gasteiger partial charge in [0.1, 0.15) is 15.5 Å². The zero-order chi connectivity index (χ0) is 14.8. The van der Waals surface area contributed by atoms with Gasteiger partial charge in [-0.15, -0.1) is 11.2 Å². The summed E-state index contributed by atoms with van der Waals surface area (Å²) in [4.78, 5) is 12.1. The zero-order valence-electron chi connectivity index (χ0n) is 13.1. The second kappa shape index (κ2) is 5.85. The molecule has 0 N–H and O–H groups in total. The second-order valence-electron chi connectivity index (χ2n) is 6.78. The van der Waals surface area contributed by atoms with E-state index in [0.717, 1.165) is 5.56 Å². The van der Waals surface area contributed by atoms with Gasteiger partial charge in [0.05, 0.1) is 0 Å². The van der Waals surface area contributed by atoms with Crippen molar-refractivity contribution in [1.82, 2.24) is 0 Å². The third-order valence-electron chi connectivity index (χ3n) is 2.90. The number of hydrogen-bond acceptors (Lipinski definition) is 3. The van der Waals surface area contributed by atoms with Crippen molar-refractivity contribution in [3.8, 4) is 0 Å². The van der Waals surface area contributed by atoms with E-state index >= 15 is 0 Å². The summed E-state index contributed by atoms with van der Waals surface area (Å²) in [6.07, 6.45) is 0. The molecule has 0 aliphatic rings. The molecule has 0 aliphatic carbocycles. The average Bonchev–Trinajstić information content (AvgIpc) is 2.24. The minimum absolute atomic E-state index is 0.210. The number of nitrogens with zero attached hydrogens (tertiary/aromatic N) is 1. The van der Waals surface area contributed by atoms with Crippen LogP contribution in [0.15, 0.2) is 24.3 Å². The van der Waals surface area contributed by atoms with Gasteiger partial charge in [0.2, 0.25) is 5.12 Å². The van der Waals surface area contributed by atoms with Crippen LogP contribution in [0.25, 0.3) is 0 Å². The Bertz CT molecular complexity index is 446. The summed E-state index contributed by atoms with van der Waals surface area (Å²) in [5.41, 5.74) is 2.02. The topological polar surface area (TPSA) is 20.3 Å². The molecule has 0 bridgehead atoms. The van der Waals surface area contributed by atoms with Gasteiger partial charge in [-0.1, -0.05) is 39.3 Å². The van der Waals surface area contributed by atoms with E-state index in [0.29, 0.717) is 0 Å². The lowest BCUT2D eigenvalue weighted by molar-refractivity contribution is 0.109. The van der Waals surface area contributed by atoms with Gasteiger partial charge in [0, 0.05) is 11.3 Å². The Morgan fingerprint density at radius 1 is 1.00 bits per heavy atom. The highest BCUT2D eigenvalue weighted by Gasteiger charge is 2.22. The fourth-order valence-corrected chi connectivity index (χ4v) is 5.30. The van der Waals surface area contributed by atoms with Gasteiger partial charge in [-0.05, 0) is 31.3 Å². The van der Waals surface area contributed by atoms with Crippen LogP contribution in [0, 0.1) is 0 Å². The monoisotopic (exact) mass is 311 g/mol. The Hall–Kier alpha value is -0.526. The molecule has 0 unspecified atom stereocenters. The third kappa shape index (κ3) is 5.16. The Balaban J connectivity index is 2.85.